The highest BCUT2D eigenvalue weighted by Crippen LogP contribution is 2.44. The highest BCUT2D eigenvalue weighted by atomic mass is 35.5. The Morgan fingerprint density at radius 1 is 0.900 bits per heavy atom. The number of halogens is 1. The summed E-state index contributed by atoms with van der Waals surface area (Å²) in [5.74, 6) is -0.517. The van der Waals surface area contributed by atoms with Crippen molar-refractivity contribution < 1.29 is 14.1 Å². The van der Waals surface area contributed by atoms with E-state index in [9.17, 15) is 14.9 Å². The number of aromatic amines is 1. The number of H-pyrrole nitrogens is 1. The Hall–Kier alpha value is -3.90. The van der Waals surface area contributed by atoms with Crippen molar-refractivity contribution in [1.29, 1.82) is 0 Å². The number of para-hydroxylation sites is 2. The first kappa shape index (κ1) is 18.1. The van der Waals surface area contributed by atoms with Gasteiger partial charge in [0.25, 0.3) is 0 Å². The third kappa shape index (κ3) is 2.77. The maximum Gasteiger partial charge on any atom is 0.330 e. The third-order valence-corrected chi connectivity index (χ3v) is 5.28. The van der Waals surface area contributed by atoms with Crippen molar-refractivity contribution >= 4 is 45.1 Å². The normalized spacial score (nSPS) is 11.2. The first-order valence-electron chi connectivity index (χ1n) is 9.12. The lowest BCUT2D eigenvalue weighted by molar-refractivity contribution is -0.388. The Kier molecular flexibility index (Phi) is 4.15. The zero-order chi connectivity index (χ0) is 20.8. The minimum Gasteiger partial charge on any atom is -0.452 e. The molecule has 3 aromatic carbocycles. The van der Waals surface area contributed by atoms with Gasteiger partial charge in [-0.25, -0.2) is 4.98 Å². The van der Waals surface area contributed by atoms with E-state index in [1.807, 2.05) is 0 Å². The molecule has 7 heteroatoms. The molecule has 0 aliphatic carbocycles. The van der Waals surface area contributed by atoms with Gasteiger partial charge in [-0.3, -0.25) is 4.79 Å². The Balaban J connectivity index is 1.86. The molecular formula is C23H13ClN2O4. The fourth-order valence-electron chi connectivity index (χ4n) is 3.70. The van der Waals surface area contributed by atoms with Gasteiger partial charge in [-0.2, -0.15) is 0 Å². The highest BCUT2D eigenvalue weighted by Gasteiger charge is 2.31. The minimum absolute atomic E-state index is 0.0476. The molecule has 0 bridgehead atoms. The van der Waals surface area contributed by atoms with Crippen LogP contribution in [0, 0.1) is 10.1 Å². The molecule has 0 atom stereocenters. The van der Waals surface area contributed by atoms with Crippen LogP contribution in [0.1, 0.15) is 16.1 Å². The van der Waals surface area contributed by atoms with Crippen LogP contribution in [0.5, 0.6) is 0 Å². The average Bonchev–Trinajstić information content (AvgIpc) is 3.32. The molecule has 0 aliphatic rings. The quantitative estimate of drug-likeness (QED) is 0.209. The zero-order valence-corrected chi connectivity index (χ0v) is 16.1. The number of fused-ring (bicyclic) bond motifs is 2. The zero-order valence-electron chi connectivity index (χ0n) is 15.4. The van der Waals surface area contributed by atoms with Crippen molar-refractivity contribution in [2.45, 2.75) is 0 Å². The number of rotatable bonds is 4. The number of hydrogen-bond acceptors (Lipinski definition) is 4. The fraction of sp³-hybridized carbons (Fsp3) is 0. The highest BCUT2D eigenvalue weighted by molar-refractivity contribution is 6.30. The third-order valence-electron chi connectivity index (χ3n) is 5.03. The predicted molar refractivity (Wildman–Crippen MR) is 115 cm³/mol. The predicted octanol–water partition coefficient (Wildman–Crippen LogP) is 6.37. The van der Waals surface area contributed by atoms with Crippen LogP contribution in [0.3, 0.4) is 0 Å². The summed E-state index contributed by atoms with van der Waals surface area (Å²) in [6, 6.07) is 20.7. The lowest BCUT2D eigenvalue weighted by atomic mass is 9.97. The largest absolute Gasteiger partial charge is 0.452 e. The van der Waals surface area contributed by atoms with Crippen LogP contribution in [0.15, 0.2) is 77.2 Å². The van der Waals surface area contributed by atoms with Gasteiger partial charge in [-0.05, 0) is 47.4 Å². The van der Waals surface area contributed by atoms with Gasteiger partial charge in [0.05, 0.1) is 5.56 Å². The lowest BCUT2D eigenvalue weighted by Crippen LogP contribution is -2.02. The van der Waals surface area contributed by atoms with E-state index in [1.54, 1.807) is 72.8 Å². The van der Waals surface area contributed by atoms with E-state index in [4.69, 9.17) is 16.0 Å². The maximum absolute atomic E-state index is 13.3. The van der Waals surface area contributed by atoms with E-state index < -0.39 is 4.92 Å². The first-order chi connectivity index (χ1) is 14.5. The molecule has 0 radical (unpaired) electrons. The number of carbonyl (C=O) groups excluding carboxylic acids is 1. The fourth-order valence-corrected chi connectivity index (χ4v) is 3.83. The molecule has 146 valence electrons. The molecule has 2 aromatic heterocycles. The summed E-state index contributed by atoms with van der Waals surface area (Å²) in [7, 11) is 0. The summed E-state index contributed by atoms with van der Waals surface area (Å²) in [4.78, 5) is 27.6. The lowest BCUT2D eigenvalue weighted by Gasteiger charge is -2.04. The number of nitro groups is 1. The molecule has 5 aromatic rings. The summed E-state index contributed by atoms with van der Waals surface area (Å²) in [6.45, 7) is 0. The van der Waals surface area contributed by atoms with E-state index in [2.05, 4.69) is 4.98 Å². The van der Waals surface area contributed by atoms with Crippen molar-refractivity contribution in [2.24, 2.45) is 0 Å². The van der Waals surface area contributed by atoms with Crippen LogP contribution in [0.4, 0.5) is 5.82 Å². The number of benzene rings is 3. The van der Waals surface area contributed by atoms with E-state index in [0.29, 0.717) is 43.6 Å². The van der Waals surface area contributed by atoms with Crippen LogP contribution < -0.4 is 0 Å². The summed E-state index contributed by atoms with van der Waals surface area (Å²) in [5.41, 5.74) is 2.19. The van der Waals surface area contributed by atoms with Crippen molar-refractivity contribution in [1.82, 2.24) is 4.98 Å². The molecule has 1 N–H and O–H groups in total. The van der Waals surface area contributed by atoms with Crippen LogP contribution >= 0.6 is 11.6 Å². The molecule has 0 spiro atoms. The summed E-state index contributed by atoms with van der Waals surface area (Å²) < 4.78 is 5.93. The monoisotopic (exact) mass is 416 g/mol. The van der Waals surface area contributed by atoms with E-state index in [0.717, 1.165) is 0 Å². The number of carbonyl (C=O) groups is 1. The van der Waals surface area contributed by atoms with E-state index in [1.165, 1.54) is 0 Å². The number of aromatic nitrogens is 1. The number of nitrogens with zero attached hydrogens (tertiary/aromatic N) is 1. The molecule has 0 saturated carbocycles. The topological polar surface area (TPSA) is 89.1 Å². The van der Waals surface area contributed by atoms with Crippen LogP contribution in [0.2, 0.25) is 5.02 Å². The van der Waals surface area contributed by atoms with Crippen molar-refractivity contribution in [2.75, 3.05) is 0 Å². The molecule has 0 amide bonds. The molecule has 0 unspecified atom stereocenters. The van der Waals surface area contributed by atoms with Gasteiger partial charge < -0.3 is 14.5 Å². The van der Waals surface area contributed by atoms with Crippen LogP contribution in [-0.2, 0) is 0 Å². The second-order valence-electron chi connectivity index (χ2n) is 6.79. The van der Waals surface area contributed by atoms with Gasteiger partial charge in [0.2, 0.25) is 5.78 Å². The van der Waals surface area contributed by atoms with Crippen molar-refractivity contribution in [3.05, 3.63) is 99.3 Å². The average molecular weight is 417 g/mol. The molecule has 30 heavy (non-hydrogen) atoms. The smallest absolute Gasteiger partial charge is 0.330 e. The number of ketones is 1. The van der Waals surface area contributed by atoms with Gasteiger partial charge in [0, 0.05) is 26.9 Å². The molecule has 6 nitrogen and oxygen atoms in total. The van der Waals surface area contributed by atoms with Crippen molar-refractivity contribution in [3.8, 4) is 11.1 Å². The van der Waals surface area contributed by atoms with Gasteiger partial charge in [0.15, 0.2) is 5.76 Å². The minimum atomic E-state index is -0.479. The Morgan fingerprint density at radius 2 is 1.57 bits per heavy atom. The summed E-state index contributed by atoms with van der Waals surface area (Å²) in [5, 5.41) is 13.6. The van der Waals surface area contributed by atoms with Gasteiger partial charge in [-0.1, -0.05) is 41.9 Å². The standard InChI is InChI=1S/C23H13ClN2O4/c24-14-11-9-13(10-12-14)21(27)22-19(16-6-2-4-8-18(16)30-22)20-15-5-1-3-7-17(15)25-23(20)26(28)29/h1-12,25H. The van der Waals surface area contributed by atoms with Gasteiger partial charge in [-0.15, -0.1) is 0 Å². The molecule has 0 aliphatic heterocycles. The summed E-state index contributed by atoms with van der Waals surface area (Å²) in [6.07, 6.45) is 0. The summed E-state index contributed by atoms with van der Waals surface area (Å²) >= 11 is 5.95. The SMILES string of the molecule is O=C(c1ccc(Cl)cc1)c1oc2ccccc2c1-c1c([N+](=O)[O-])[nH]c2ccccc12. The Labute approximate surface area is 174 Å². The Bertz CT molecular complexity index is 1450. The maximum atomic E-state index is 13.3. The first-order valence-corrected chi connectivity index (χ1v) is 9.49. The number of nitrogens with one attached hydrogen (secondary N) is 1. The second-order valence-corrected chi connectivity index (χ2v) is 7.23. The molecule has 0 fully saturated rings. The van der Waals surface area contributed by atoms with Crippen LogP contribution in [0.25, 0.3) is 33.0 Å². The van der Waals surface area contributed by atoms with Crippen LogP contribution in [-0.4, -0.2) is 15.7 Å². The van der Waals surface area contributed by atoms with Gasteiger partial charge in [0.1, 0.15) is 11.1 Å². The molecule has 2 heterocycles. The van der Waals surface area contributed by atoms with E-state index in [-0.39, 0.29) is 17.4 Å². The molecule has 5 rings (SSSR count). The molecule has 0 saturated heterocycles. The van der Waals surface area contributed by atoms with Gasteiger partial charge >= 0.3 is 5.82 Å². The van der Waals surface area contributed by atoms with Crippen molar-refractivity contribution in [3.63, 3.8) is 0 Å². The molecular weight excluding hydrogens is 404 g/mol. The number of hydrogen-bond donors (Lipinski definition) is 1. The van der Waals surface area contributed by atoms with E-state index >= 15 is 0 Å². The number of furan rings is 1. The Morgan fingerprint density at radius 3 is 2.30 bits per heavy atom. The second kappa shape index (κ2) is 6.86.